The van der Waals surface area contributed by atoms with Gasteiger partial charge < -0.3 is 5.32 Å². The number of halogens is 1. The van der Waals surface area contributed by atoms with Crippen LogP contribution < -0.4 is 5.32 Å². The van der Waals surface area contributed by atoms with Crippen molar-refractivity contribution in [2.24, 2.45) is 0 Å². The lowest BCUT2D eigenvalue weighted by Crippen LogP contribution is -2.15. The van der Waals surface area contributed by atoms with E-state index in [0.29, 0.717) is 0 Å². The summed E-state index contributed by atoms with van der Waals surface area (Å²) in [6.45, 7) is 4.11. The molecule has 0 saturated carbocycles. The van der Waals surface area contributed by atoms with Crippen LogP contribution in [0.5, 0.6) is 0 Å². The Hall–Kier alpha value is -0.350. The molecule has 2 rings (SSSR count). The van der Waals surface area contributed by atoms with Gasteiger partial charge in [0.25, 0.3) is 0 Å². The number of nitrogens with one attached hydrogen (secondary N) is 1. The van der Waals surface area contributed by atoms with Gasteiger partial charge in [0, 0.05) is 22.8 Å². The molecule has 0 bridgehead atoms. The summed E-state index contributed by atoms with van der Waals surface area (Å²) in [7, 11) is 0. The Balaban J connectivity index is 1.71. The molecule has 0 spiro atoms. The SMILES string of the molecule is Cc1ccsc1CCNCc1ccc(Cl)s1. The largest absolute Gasteiger partial charge is 0.311 e. The standard InChI is InChI=1S/C12H14ClNS2/c1-9-5-7-15-11(9)4-6-14-8-10-2-3-12(13)16-10/h2-3,5,7,14H,4,6,8H2,1H3. The van der Waals surface area contributed by atoms with E-state index < -0.39 is 0 Å². The predicted octanol–water partition coefficient (Wildman–Crippen LogP) is 4.10. The van der Waals surface area contributed by atoms with E-state index in [9.17, 15) is 0 Å². The zero-order valence-electron chi connectivity index (χ0n) is 9.13. The maximum atomic E-state index is 5.87. The number of hydrogen-bond acceptors (Lipinski definition) is 3. The first kappa shape index (κ1) is 12.1. The summed E-state index contributed by atoms with van der Waals surface area (Å²) < 4.78 is 0.867. The van der Waals surface area contributed by atoms with Gasteiger partial charge in [-0.15, -0.1) is 22.7 Å². The van der Waals surface area contributed by atoms with Crippen molar-refractivity contribution in [1.82, 2.24) is 5.32 Å². The molecular weight excluding hydrogens is 258 g/mol. The summed E-state index contributed by atoms with van der Waals surface area (Å²) in [6, 6.07) is 6.21. The Morgan fingerprint density at radius 1 is 1.31 bits per heavy atom. The first-order valence-corrected chi connectivity index (χ1v) is 7.31. The number of rotatable bonds is 5. The van der Waals surface area contributed by atoms with Crippen LogP contribution in [0.4, 0.5) is 0 Å². The summed E-state index contributed by atoms with van der Waals surface area (Å²) in [4.78, 5) is 2.78. The fraction of sp³-hybridized carbons (Fsp3) is 0.333. The molecule has 0 aliphatic carbocycles. The summed E-state index contributed by atoms with van der Waals surface area (Å²) >= 11 is 9.35. The quantitative estimate of drug-likeness (QED) is 0.808. The lowest BCUT2D eigenvalue weighted by atomic mass is 10.2. The molecule has 0 radical (unpaired) electrons. The first-order chi connectivity index (χ1) is 7.75. The topological polar surface area (TPSA) is 12.0 Å². The average molecular weight is 272 g/mol. The van der Waals surface area contributed by atoms with Crippen molar-refractivity contribution >= 4 is 34.3 Å². The van der Waals surface area contributed by atoms with E-state index in [2.05, 4.69) is 29.8 Å². The van der Waals surface area contributed by atoms with E-state index in [0.717, 1.165) is 23.8 Å². The van der Waals surface area contributed by atoms with Gasteiger partial charge in [-0.05, 0) is 42.5 Å². The molecule has 0 aliphatic heterocycles. The van der Waals surface area contributed by atoms with Gasteiger partial charge >= 0.3 is 0 Å². The Bertz CT molecular complexity index is 447. The lowest BCUT2D eigenvalue weighted by molar-refractivity contribution is 0.696. The lowest BCUT2D eigenvalue weighted by Gasteiger charge is -2.02. The van der Waals surface area contributed by atoms with Gasteiger partial charge in [-0.25, -0.2) is 0 Å². The molecule has 2 heterocycles. The van der Waals surface area contributed by atoms with E-state index >= 15 is 0 Å². The Morgan fingerprint density at radius 2 is 2.19 bits per heavy atom. The van der Waals surface area contributed by atoms with E-state index in [1.54, 1.807) is 11.3 Å². The summed E-state index contributed by atoms with van der Waals surface area (Å²) in [5, 5.41) is 5.60. The van der Waals surface area contributed by atoms with Gasteiger partial charge in [-0.3, -0.25) is 0 Å². The summed E-state index contributed by atoms with van der Waals surface area (Å²) in [5.74, 6) is 0. The number of hydrogen-bond donors (Lipinski definition) is 1. The Morgan fingerprint density at radius 3 is 2.81 bits per heavy atom. The van der Waals surface area contributed by atoms with Crippen molar-refractivity contribution in [2.45, 2.75) is 19.9 Å². The molecule has 0 saturated heterocycles. The van der Waals surface area contributed by atoms with E-state index in [4.69, 9.17) is 11.6 Å². The van der Waals surface area contributed by atoms with Crippen molar-refractivity contribution in [2.75, 3.05) is 6.54 Å². The highest BCUT2D eigenvalue weighted by Crippen LogP contribution is 2.21. The second kappa shape index (κ2) is 5.82. The second-order valence-corrected chi connectivity index (χ2v) is 6.46. The van der Waals surface area contributed by atoms with Crippen LogP contribution in [0.1, 0.15) is 15.3 Å². The maximum absolute atomic E-state index is 5.87. The molecule has 0 aromatic carbocycles. The Labute approximate surface area is 109 Å². The number of aryl methyl sites for hydroxylation is 1. The summed E-state index contributed by atoms with van der Waals surface area (Å²) in [5.41, 5.74) is 1.41. The fourth-order valence-corrected chi connectivity index (χ4v) is 3.49. The van der Waals surface area contributed by atoms with Crippen molar-refractivity contribution in [3.05, 3.63) is 43.2 Å². The average Bonchev–Trinajstić information content (AvgIpc) is 2.83. The molecule has 1 N–H and O–H groups in total. The number of thiophene rings is 2. The smallest absolute Gasteiger partial charge is 0.0931 e. The van der Waals surface area contributed by atoms with E-state index in [-0.39, 0.29) is 0 Å². The highest BCUT2D eigenvalue weighted by molar-refractivity contribution is 7.16. The minimum absolute atomic E-state index is 0.867. The highest BCUT2D eigenvalue weighted by Gasteiger charge is 2.00. The predicted molar refractivity (Wildman–Crippen MR) is 73.8 cm³/mol. The van der Waals surface area contributed by atoms with Gasteiger partial charge in [0.2, 0.25) is 0 Å². The van der Waals surface area contributed by atoms with Crippen LogP contribution in [0.25, 0.3) is 0 Å². The van der Waals surface area contributed by atoms with Gasteiger partial charge in [-0.1, -0.05) is 11.6 Å². The highest BCUT2D eigenvalue weighted by atomic mass is 35.5. The van der Waals surface area contributed by atoms with Crippen molar-refractivity contribution < 1.29 is 0 Å². The minimum Gasteiger partial charge on any atom is -0.311 e. The van der Waals surface area contributed by atoms with Crippen molar-refractivity contribution in [1.29, 1.82) is 0 Å². The normalized spacial score (nSPS) is 10.9. The van der Waals surface area contributed by atoms with Crippen LogP contribution in [0, 0.1) is 6.92 Å². The molecule has 1 nitrogen and oxygen atoms in total. The monoisotopic (exact) mass is 271 g/mol. The van der Waals surface area contributed by atoms with E-state index in [1.807, 2.05) is 17.4 Å². The van der Waals surface area contributed by atoms with Crippen molar-refractivity contribution in [3.63, 3.8) is 0 Å². The molecule has 0 unspecified atom stereocenters. The molecule has 0 amide bonds. The molecule has 0 atom stereocenters. The molecule has 0 aliphatic rings. The molecule has 4 heteroatoms. The third kappa shape index (κ3) is 3.32. The molecule has 86 valence electrons. The van der Waals surface area contributed by atoms with Crippen LogP contribution in [0.3, 0.4) is 0 Å². The molecule has 2 aromatic heterocycles. The molecule has 0 fully saturated rings. The van der Waals surface area contributed by atoms with Gasteiger partial charge in [-0.2, -0.15) is 0 Å². The summed E-state index contributed by atoms with van der Waals surface area (Å²) in [6.07, 6.45) is 1.11. The van der Waals surface area contributed by atoms with Crippen LogP contribution in [0.15, 0.2) is 23.6 Å². The van der Waals surface area contributed by atoms with Crippen molar-refractivity contribution in [3.8, 4) is 0 Å². The second-order valence-electron chi connectivity index (χ2n) is 3.66. The third-order valence-electron chi connectivity index (χ3n) is 2.43. The fourth-order valence-electron chi connectivity index (χ4n) is 1.52. The Kier molecular flexibility index (Phi) is 4.41. The minimum atomic E-state index is 0.867. The van der Waals surface area contributed by atoms with Crippen LogP contribution in [0.2, 0.25) is 4.34 Å². The van der Waals surface area contributed by atoms with Crippen LogP contribution in [-0.4, -0.2) is 6.54 Å². The maximum Gasteiger partial charge on any atom is 0.0931 e. The zero-order valence-corrected chi connectivity index (χ0v) is 11.5. The van der Waals surface area contributed by atoms with Gasteiger partial charge in [0.05, 0.1) is 4.34 Å². The van der Waals surface area contributed by atoms with E-state index in [1.165, 1.54) is 15.3 Å². The van der Waals surface area contributed by atoms with Crippen LogP contribution >= 0.6 is 34.3 Å². The third-order valence-corrected chi connectivity index (χ3v) is 4.74. The zero-order chi connectivity index (χ0) is 11.4. The molecule has 2 aromatic rings. The van der Waals surface area contributed by atoms with Gasteiger partial charge in [0.1, 0.15) is 0 Å². The first-order valence-electron chi connectivity index (χ1n) is 5.23. The molecular formula is C12H14ClNS2. The molecule has 16 heavy (non-hydrogen) atoms. The van der Waals surface area contributed by atoms with Gasteiger partial charge in [0.15, 0.2) is 0 Å². The van der Waals surface area contributed by atoms with Crippen LogP contribution in [-0.2, 0) is 13.0 Å².